The molecule has 0 fully saturated rings. The molecule has 1 aromatic heterocycles. The number of pyridine rings is 1. The summed E-state index contributed by atoms with van der Waals surface area (Å²) in [4.78, 5) is 28.4. The normalized spacial score (nSPS) is 10.5. The van der Waals surface area contributed by atoms with E-state index in [0.717, 1.165) is 16.5 Å². The summed E-state index contributed by atoms with van der Waals surface area (Å²) in [7, 11) is 2.92. The number of hydrogen-bond donors (Lipinski definition) is 0. The molecule has 2 aromatic carbocycles. The Bertz CT molecular complexity index is 995. The molecule has 6 heteroatoms. The second-order valence-electron chi connectivity index (χ2n) is 5.94. The molecular formula is C21H19NO5. The topological polar surface area (TPSA) is 74.7 Å². The van der Waals surface area contributed by atoms with Gasteiger partial charge >= 0.3 is 11.9 Å². The minimum Gasteiger partial charge on any atom is -0.497 e. The quantitative estimate of drug-likeness (QED) is 0.642. The maximum atomic E-state index is 12.5. The first-order valence-corrected chi connectivity index (χ1v) is 8.31. The van der Waals surface area contributed by atoms with Crippen LogP contribution in [0.15, 0.2) is 48.5 Å². The number of aryl methyl sites for hydroxylation is 1. The molecule has 6 nitrogen and oxygen atoms in total. The van der Waals surface area contributed by atoms with E-state index in [1.165, 1.54) is 7.11 Å². The highest BCUT2D eigenvalue weighted by molar-refractivity contribution is 5.95. The Balaban J connectivity index is 1.74. The van der Waals surface area contributed by atoms with Gasteiger partial charge in [0.2, 0.25) is 0 Å². The largest absolute Gasteiger partial charge is 0.497 e. The molecule has 0 atom stereocenters. The van der Waals surface area contributed by atoms with E-state index in [2.05, 4.69) is 9.72 Å². The number of carbonyl (C=O) groups is 2. The van der Waals surface area contributed by atoms with Crippen molar-refractivity contribution in [1.82, 2.24) is 4.98 Å². The molecule has 0 bridgehead atoms. The smallest absolute Gasteiger partial charge is 0.340 e. The maximum Gasteiger partial charge on any atom is 0.340 e. The SMILES string of the molecule is COC(=O)c1ccc(COC(=O)c2cc3ccc(OC)cc3nc2C)cc1. The predicted octanol–water partition coefficient (Wildman–Crippen LogP) is 3.70. The number of fused-ring (bicyclic) bond motifs is 1. The molecule has 0 amide bonds. The van der Waals surface area contributed by atoms with Crippen LogP contribution in [0.4, 0.5) is 0 Å². The Hall–Kier alpha value is -3.41. The first-order chi connectivity index (χ1) is 13.0. The number of benzene rings is 2. The van der Waals surface area contributed by atoms with E-state index >= 15 is 0 Å². The Morgan fingerprint density at radius 1 is 0.963 bits per heavy atom. The first-order valence-electron chi connectivity index (χ1n) is 8.31. The zero-order valence-electron chi connectivity index (χ0n) is 15.3. The van der Waals surface area contributed by atoms with Gasteiger partial charge in [-0.3, -0.25) is 4.98 Å². The van der Waals surface area contributed by atoms with Crippen LogP contribution in [0.25, 0.3) is 10.9 Å². The van der Waals surface area contributed by atoms with Crippen molar-refractivity contribution in [3.8, 4) is 5.75 Å². The minimum atomic E-state index is -0.449. The van der Waals surface area contributed by atoms with Crippen molar-refractivity contribution in [3.05, 3.63) is 70.9 Å². The number of rotatable bonds is 5. The summed E-state index contributed by atoms with van der Waals surface area (Å²) in [5, 5.41) is 0.829. The van der Waals surface area contributed by atoms with Crippen molar-refractivity contribution < 1.29 is 23.8 Å². The van der Waals surface area contributed by atoms with Gasteiger partial charge in [-0.05, 0) is 42.8 Å². The summed E-state index contributed by atoms with van der Waals surface area (Å²) < 4.78 is 15.2. The third-order valence-corrected chi connectivity index (χ3v) is 4.18. The Morgan fingerprint density at radius 3 is 2.37 bits per heavy atom. The van der Waals surface area contributed by atoms with Gasteiger partial charge < -0.3 is 14.2 Å². The van der Waals surface area contributed by atoms with Gasteiger partial charge in [0.1, 0.15) is 12.4 Å². The third kappa shape index (κ3) is 4.06. The standard InChI is InChI=1S/C21H19NO5/c1-13-18(10-16-8-9-17(25-2)11-19(16)22-13)21(24)27-12-14-4-6-15(7-5-14)20(23)26-3/h4-11H,12H2,1-3H3. The summed E-state index contributed by atoms with van der Waals surface area (Å²) in [5.74, 6) is -0.150. The van der Waals surface area contributed by atoms with Crippen molar-refractivity contribution in [2.45, 2.75) is 13.5 Å². The summed E-state index contributed by atoms with van der Waals surface area (Å²) in [6.07, 6.45) is 0. The number of carbonyl (C=O) groups excluding carboxylic acids is 2. The van der Waals surface area contributed by atoms with Crippen molar-refractivity contribution in [3.63, 3.8) is 0 Å². The monoisotopic (exact) mass is 365 g/mol. The highest BCUT2D eigenvalue weighted by atomic mass is 16.5. The second kappa shape index (κ2) is 7.86. The molecule has 0 spiro atoms. The Morgan fingerprint density at radius 2 is 1.70 bits per heavy atom. The van der Waals surface area contributed by atoms with Gasteiger partial charge in [-0.1, -0.05) is 12.1 Å². The Labute approximate surface area is 156 Å². The fraction of sp³-hybridized carbons (Fsp3) is 0.190. The van der Waals surface area contributed by atoms with Crippen LogP contribution in [-0.2, 0) is 16.1 Å². The number of hydrogen-bond acceptors (Lipinski definition) is 6. The number of ether oxygens (including phenoxy) is 3. The van der Waals surface area contributed by atoms with Crippen LogP contribution < -0.4 is 4.74 Å². The average Bonchev–Trinajstić information content (AvgIpc) is 2.70. The lowest BCUT2D eigenvalue weighted by Crippen LogP contribution is -2.09. The van der Waals surface area contributed by atoms with Gasteiger partial charge in [0, 0.05) is 11.5 Å². The van der Waals surface area contributed by atoms with E-state index in [4.69, 9.17) is 9.47 Å². The van der Waals surface area contributed by atoms with Crippen LogP contribution >= 0.6 is 0 Å². The van der Waals surface area contributed by atoms with E-state index in [0.29, 0.717) is 22.6 Å². The molecule has 3 aromatic rings. The molecule has 0 aliphatic carbocycles. The van der Waals surface area contributed by atoms with Crippen molar-refractivity contribution in [2.75, 3.05) is 14.2 Å². The van der Waals surface area contributed by atoms with Crippen molar-refractivity contribution in [1.29, 1.82) is 0 Å². The molecule has 0 saturated heterocycles. The summed E-state index contributed by atoms with van der Waals surface area (Å²) >= 11 is 0. The lowest BCUT2D eigenvalue weighted by Gasteiger charge is -2.09. The summed E-state index contributed by atoms with van der Waals surface area (Å²) in [6, 6.07) is 13.9. The molecule has 0 unspecified atom stereocenters. The van der Waals surface area contributed by atoms with Crippen LogP contribution in [0.5, 0.6) is 5.75 Å². The molecular weight excluding hydrogens is 346 g/mol. The van der Waals surface area contributed by atoms with Crippen LogP contribution in [0.2, 0.25) is 0 Å². The van der Waals surface area contributed by atoms with Gasteiger partial charge in [0.25, 0.3) is 0 Å². The molecule has 0 aliphatic rings. The van der Waals surface area contributed by atoms with Crippen LogP contribution in [0.3, 0.4) is 0 Å². The van der Waals surface area contributed by atoms with Crippen LogP contribution in [-0.4, -0.2) is 31.1 Å². The lowest BCUT2D eigenvalue weighted by molar-refractivity contribution is 0.0470. The van der Waals surface area contributed by atoms with Gasteiger partial charge in [0.15, 0.2) is 0 Å². The molecule has 138 valence electrons. The van der Waals surface area contributed by atoms with Crippen LogP contribution in [0, 0.1) is 6.92 Å². The van der Waals surface area contributed by atoms with E-state index in [1.54, 1.807) is 44.4 Å². The number of methoxy groups -OCH3 is 2. The van der Waals surface area contributed by atoms with Crippen molar-refractivity contribution >= 4 is 22.8 Å². The molecule has 0 aliphatic heterocycles. The summed E-state index contributed by atoms with van der Waals surface area (Å²) in [5.41, 5.74) is 2.96. The van der Waals surface area contributed by atoms with Gasteiger partial charge in [-0.25, -0.2) is 9.59 Å². The van der Waals surface area contributed by atoms with Crippen molar-refractivity contribution in [2.24, 2.45) is 0 Å². The fourth-order valence-electron chi connectivity index (χ4n) is 2.66. The lowest BCUT2D eigenvalue weighted by atomic mass is 10.1. The van der Waals surface area contributed by atoms with E-state index in [9.17, 15) is 9.59 Å². The molecule has 3 rings (SSSR count). The van der Waals surface area contributed by atoms with E-state index in [1.807, 2.05) is 18.2 Å². The molecule has 0 saturated carbocycles. The average molecular weight is 365 g/mol. The third-order valence-electron chi connectivity index (χ3n) is 4.18. The first kappa shape index (κ1) is 18.4. The van der Waals surface area contributed by atoms with Gasteiger partial charge in [0.05, 0.1) is 36.6 Å². The summed E-state index contributed by atoms with van der Waals surface area (Å²) in [6.45, 7) is 1.86. The highest BCUT2D eigenvalue weighted by Gasteiger charge is 2.14. The zero-order chi connectivity index (χ0) is 19.4. The number of aromatic nitrogens is 1. The fourth-order valence-corrected chi connectivity index (χ4v) is 2.66. The minimum absolute atomic E-state index is 0.0976. The van der Waals surface area contributed by atoms with Gasteiger partial charge in [-0.15, -0.1) is 0 Å². The molecule has 0 radical (unpaired) electrons. The highest BCUT2D eigenvalue weighted by Crippen LogP contribution is 2.22. The Kier molecular flexibility index (Phi) is 5.35. The molecule has 27 heavy (non-hydrogen) atoms. The van der Waals surface area contributed by atoms with E-state index < -0.39 is 11.9 Å². The maximum absolute atomic E-state index is 12.5. The van der Waals surface area contributed by atoms with Crippen LogP contribution in [0.1, 0.15) is 32.0 Å². The predicted molar refractivity (Wildman–Crippen MR) is 99.9 cm³/mol. The molecule has 0 N–H and O–H groups in total. The zero-order valence-corrected chi connectivity index (χ0v) is 15.3. The number of nitrogens with zero attached hydrogens (tertiary/aromatic N) is 1. The van der Waals surface area contributed by atoms with E-state index in [-0.39, 0.29) is 6.61 Å². The van der Waals surface area contributed by atoms with Gasteiger partial charge in [-0.2, -0.15) is 0 Å². The molecule has 1 heterocycles. The number of esters is 2. The second-order valence-corrected chi connectivity index (χ2v) is 5.94.